The average molecular weight is 447 g/mol. The number of rotatable bonds is 15. The van der Waals surface area contributed by atoms with Gasteiger partial charge in [-0.15, -0.1) is 11.8 Å². The van der Waals surface area contributed by atoms with Gasteiger partial charge in [-0.05, 0) is 37.8 Å². The van der Waals surface area contributed by atoms with Gasteiger partial charge in [0.05, 0.1) is 19.6 Å². The first-order valence-electron chi connectivity index (χ1n) is 11.8. The summed E-state index contributed by atoms with van der Waals surface area (Å²) in [6, 6.07) is 10.4. The molecule has 2 rings (SSSR count). The van der Waals surface area contributed by atoms with Crippen LogP contribution in [-0.2, 0) is 19.1 Å². The molecule has 1 heterocycles. The number of benzene rings is 1. The largest absolute Gasteiger partial charge is 0.469 e. The van der Waals surface area contributed by atoms with E-state index in [1.165, 1.54) is 31.3 Å². The van der Waals surface area contributed by atoms with Gasteiger partial charge >= 0.3 is 11.9 Å². The number of cyclic esters (lactones) is 1. The molecule has 1 aromatic carbocycles. The number of thioether (sulfide) groups is 1. The number of carbonyl (C=O) groups is 2. The van der Waals surface area contributed by atoms with Crippen molar-refractivity contribution < 1.29 is 19.1 Å². The Kier molecular flexibility index (Phi) is 12.4. The van der Waals surface area contributed by atoms with Crippen molar-refractivity contribution in [2.75, 3.05) is 13.7 Å². The maximum Gasteiger partial charge on any atom is 0.309 e. The lowest BCUT2D eigenvalue weighted by Crippen LogP contribution is -2.25. The molecule has 5 heteroatoms. The Morgan fingerprint density at radius 2 is 1.94 bits per heavy atom. The molecule has 1 fully saturated rings. The lowest BCUT2D eigenvalue weighted by Gasteiger charge is -2.23. The minimum Gasteiger partial charge on any atom is -0.469 e. The number of carbonyl (C=O) groups excluding carboxylic acids is 2. The van der Waals surface area contributed by atoms with Crippen LogP contribution in [0.2, 0.25) is 0 Å². The molecule has 3 atom stereocenters. The fourth-order valence-electron chi connectivity index (χ4n) is 3.99. The maximum atomic E-state index is 12.5. The van der Waals surface area contributed by atoms with Gasteiger partial charge in [0.15, 0.2) is 0 Å². The third-order valence-corrected chi connectivity index (χ3v) is 7.17. The fraction of sp³-hybridized carbons (Fsp3) is 0.615. The van der Waals surface area contributed by atoms with Crippen molar-refractivity contribution in [3.8, 4) is 0 Å². The summed E-state index contributed by atoms with van der Waals surface area (Å²) in [6.07, 6.45) is 14.6. The van der Waals surface area contributed by atoms with Crippen LogP contribution in [0.25, 0.3) is 0 Å². The highest BCUT2D eigenvalue weighted by Gasteiger charge is 2.40. The van der Waals surface area contributed by atoms with Gasteiger partial charge in [-0.25, -0.2) is 0 Å². The molecule has 3 unspecified atom stereocenters. The summed E-state index contributed by atoms with van der Waals surface area (Å²) in [5, 5.41) is 0.236. The molecule has 0 amide bonds. The van der Waals surface area contributed by atoms with Crippen LogP contribution < -0.4 is 0 Å². The van der Waals surface area contributed by atoms with E-state index in [9.17, 15) is 9.59 Å². The molecule has 31 heavy (non-hydrogen) atoms. The van der Waals surface area contributed by atoms with Crippen molar-refractivity contribution in [2.24, 2.45) is 11.8 Å². The van der Waals surface area contributed by atoms with Gasteiger partial charge in [-0.3, -0.25) is 9.59 Å². The van der Waals surface area contributed by atoms with E-state index in [4.69, 9.17) is 4.74 Å². The molecule has 1 aliphatic rings. The van der Waals surface area contributed by atoms with E-state index in [2.05, 4.69) is 48.1 Å². The quantitative estimate of drug-likeness (QED) is 0.132. The molecule has 0 aromatic heterocycles. The second kappa shape index (κ2) is 15.1. The Morgan fingerprint density at radius 3 is 2.68 bits per heavy atom. The number of allylic oxidation sites excluding steroid dienone is 1. The van der Waals surface area contributed by atoms with Gasteiger partial charge in [0.25, 0.3) is 0 Å². The third kappa shape index (κ3) is 9.51. The van der Waals surface area contributed by atoms with Crippen molar-refractivity contribution in [1.29, 1.82) is 0 Å². The Morgan fingerprint density at radius 1 is 1.16 bits per heavy atom. The molecule has 0 saturated carbocycles. The van der Waals surface area contributed by atoms with Gasteiger partial charge in [0, 0.05) is 22.5 Å². The van der Waals surface area contributed by atoms with E-state index in [1.54, 1.807) is 0 Å². The molecular formula is C26H38O4S. The summed E-state index contributed by atoms with van der Waals surface area (Å²) in [4.78, 5) is 24.9. The molecule has 0 N–H and O–H groups in total. The van der Waals surface area contributed by atoms with E-state index < -0.39 is 0 Å². The molecule has 172 valence electrons. The standard InChI is InChI=1S/C26H38O4S/c1-3-4-5-6-13-18-24(31-21-15-10-9-11-16-21)23-20-30-26(28)22(23)17-12-7-8-14-19-25(27)29-2/h9-11,13,15-16,18,22-24H,3-8,12,14,17,19-20H2,1-2H3/b18-13+. The smallest absolute Gasteiger partial charge is 0.309 e. The first-order chi connectivity index (χ1) is 15.2. The summed E-state index contributed by atoms with van der Waals surface area (Å²) in [5.41, 5.74) is 0. The lowest BCUT2D eigenvalue weighted by molar-refractivity contribution is -0.141. The fourth-order valence-corrected chi connectivity index (χ4v) is 5.25. The second-order valence-electron chi connectivity index (χ2n) is 8.25. The van der Waals surface area contributed by atoms with Crippen LogP contribution in [0.5, 0.6) is 0 Å². The topological polar surface area (TPSA) is 52.6 Å². The minimum absolute atomic E-state index is 0.0397. The number of methoxy groups -OCH3 is 1. The van der Waals surface area contributed by atoms with E-state index in [1.807, 2.05) is 17.8 Å². The number of hydrogen-bond acceptors (Lipinski definition) is 5. The highest BCUT2D eigenvalue weighted by Crippen LogP contribution is 2.39. The van der Waals surface area contributed by atoms with Crippen LogP contribution in [0.4, 0.5) is 0 Å². The van der Waals surface area contributed by atoms with Crippen molar-refractivity contribution in [1.82, 2.24) is 0 Å². The molecule has 0 aliphatic carbocycles. The second-order valence-corrected chi connectivity index (χ2v) is 9.50. The normalized spacial score (nSPS) is 19.5. The highest BCUT2D eigenvalue weighted by molar-refractivity contribution is 8.00. The van der Waals surface area contributed by atoms with Crippen LogP contribution in [-0.4, -0.2) is 30.9 Å². The minimum atomic E-state index is -0.147. The van der Waals surface area contributed by atoms with E-state index >= 15 is 0 Å². The zero-order chi connectivity index (χ0) is 22.3. The van der Waals surface area contributed by atoms with Gasteiger partial charge in [0.2, 0.25) is 0 Å². The van der Waals surface area contributed by atoms with Gasteiger partial charge < -0.3 is 9.47 Å². The molecule has 0 radical (unpaired) electrons. The zero-order valence-electron chi connectivity index (χ0n) is 19.1. The van der Waals surface area contributed by atoms with Gasteiger partial charge in [-0.2, -0.15) is 0 Å². The van der Waals surface area contributed by atoms with E-state index in [0.717, 1.165) is 38.5 Å². The van der Waals surface area contributed by atoms with Crippen LogP contribution in [0.1, 0.15) is 71.1 Å². The van der Waals surface area contributed by atoms with Crippen LogP contribution in [0.15, 0.2) is 47.4 Å². The van der Waals surface area contributed by atoms with Crippen LogP contribution in [0.3, 0.4) is 0 Å². The highest BCUT2D eigenvalue weighted by atomic mass is 32.2. The van der Waals surface area contributed by atoms with Crippen LogP contribution >= 0.6 is 11.8 Å². The van der Waals surface area contributed by atoms with Crippen molar-refractivity contribution in [3.63, 3.8) is 0 Å². The monoisotopic (exact) mass is 446 g/mol. The molecular weight excluding hydrogens is 408 g/mol. The summed E-state index contributed by atoms with van der Waals surface area (Å²) in [6.45, 7) is 2.73. The maximum absolute atomic E-state index is 12.5. The molecule has 0 spiro atoms. The SMILES string of the molecule is CCCCC/C=C/C(Sc1ccccc1)C1COC(=O)C1CCCCCCC(=O)OC. The number of unbranched alkanes of at least 4 members (excludes halogenated alkanes) is 6. The summed E-state index contributed by atoms with van der Waals surface area (Å²) in [7, 11) is 1.43. The molecule has 4 nitrogen and oxygen atoms in total. The predicted octanol–water partition coefficient (Wildman–Crippen LogP) is 6.59. The number of ether oxygens (including phenoxy) is 2. The number of hydrogen-bond donors (Lipinski definition) is 0. The molecule has 1 aromatic rings. The van der Waals surface area contributed by atoms with E-state index in [-0.39, 0.29) is 29.0 Å². The predicted molar refractivity (Wildman–Crippen MR) is 127 cm³/mol. The zero-order valence-corrected chi connectivity index (χ0v) is 19.9. The van der Waals surface area contributed by atoms with Gasteiger partial charge in [-0.1, -0.05) is 69.4 Å². The number of esters is 2. The Labute approximate surface area is 192 Å². The Balaban J connectivity index is 1.92. The third-order valence-electron chi connectivity index (χ3n) is 5.85. The van der Waals surface area contributed by atoms with Crippen molar-refractivity contribution in [2.45, 2.75) is 81.3 Å². The Bertz CT molecular complexity index is 673. The summed E-state index contributed by atoms with van der Waals surface area (Å²) < 4.78 is 10.2. The van der Waals surface area contributed by atoms with Crippen molar-refractivity contribution in [3.05, 3.63) is 42.5 Å². The van der Waals surface area contributed by atoms with Crippen LogP contribution in [0, 0.1) is 11.8 Å². The van der Waals surface area contributed by atoms with Gasteiger partial charge in [0.1, 0.15) is 0 Å². The first kappa shape index (κ1) is 25.5. The molecule has 1 aliphatic heterocycles. The van der Waals surface area contributed by atoms with Crippen molar-refractivity contribution >= 4 is 23.7 Å². The summed E-state index contributed by atoms with van der Waals surface area (Å²) >= 11 is 1.84. The average Bonchev–Trinajstić information content (AvgIpc) is 3.15. The molecule has 0 bridgehead atoms. The Hall–Kier alpha value is -1.75. The summed E-state index contributed by atoms with van der Waals surface area (Å²) in [5.74, 6) is -0.0270. The molecule has 1 saturated heterocycles. The first-order valence-corrected chi connectivity index (χ1v) is 12.7. The lowest BCUT2D eigenvalue weighted by atomic mass is 9.87. The van der Waals surface area contributed by atoms with E-state index in [0.29, 0.717) is 13.0 Å².